The van der Waals surface area contributed by atoms with Crippen LogP contribution in [0.1, 0.15) is 19.4 Å². The predicted octanol–water partition coefficient (Wildman–Crippen LogP) is 6.10. The lowest BCUT2D eigenvalue weighted by Gasteiger charge is -2.05. The van der Waals surface area contributed by atoms with E-state index in [4.69, 9.17) is 4.98 Å². The quantitative estimate of drug-likeness (QED) is 0.595. The molecule has 0 radical (unpaired) electrons. The molecule has 0 saturated carbocycles. The molecule has 0 bridgehead atoms. The Morgan fingerprint density at radius 2 is 1.86 bits per heavy atom. The maximum atomic E-state index is 4.70. The maximum absolute atomic E-state index is 4.70. The number of anilines is 1. The monoisotopic (exact) mass is 362 g/mol. The Kier molecular flexibility index (Phi) is 5.37. The molecule has 1 aromatic heterocycles. The highest BCUT2D eigenvalue weighted by molar-refractivity contribution is 9.10. The first-order valence-corrected chi connectivity index (χ1v) is 8.63. The molecule has 21 heavy (non-hydrogen) atoms. The molecule has 0 atom stereocenters. The minimum absolute atomic E-state index is 1.05. The van der Waals surface area contributed by atoms with Crippen LogP contribution in [-0.2, 0) is 0 Å². The molecule has 1 heterocycles. The standard InChI is InChI=1S/C15H13BrN2S.C2H6/c1-9-7-10(3-5-12(9)17-2)15-18-13-6-4-11(16)8-14(13)19-15;1-2/h3-8,17H,1-2H3;1-2H3. The van der Waals surface area contributed by atoms with Gasteiger partial charge in [0.2, 0.25) is 0 Å². The molecule has 3 rings (SSSR count). The van der Waals surface area contributed by atoms with E-state index in [2.05, 4.69) is 52.4 Å². The molecule has 4 heteroatoms. The number of halogens is 1. The van der Waals surface area contributed by atoms with Gasteiger partial charge in [-0.25, -0.2) is 4.98 Å². The zero-order valence-electron chi connectivity index (χ0n) is 12.7. The Morgan fingerprint density at radius 1 is 1.10 bits per heavy atom. The molecule has 3 aromatic rings. The summed E-state index contributed by atoms with van der Waals surface area (Å²) in [6, 6.07) is 12.6. The summed E-state index contributed by atoms with van der Waals surface area (Å²) >= 11 is 5.22. The lowest BCUT2D eigenvalue weighted by atomic mass is 10.1. The van der Waals surface area contributed by atoms with E-state index < -0.39 is 0 Å². The molecule has 0 aliphatic rings. The number of aryl methyl sites for hydroxylation is 1. The van der Waals surface area contributed by atoms with Crippen molar-refractivity contribution in [3.05, 3.63) is 46.4 Å². The average molecular weight is 363 g/mol. The van der Waals surface area contributed by atoms with Crippen molar-refractivity contribution in [2.24, 2.45) is 0 Å². The summed E-state index contributed by atoms with van der Waals surface area (Å²) < 4.78 is 2.30. The van der Waals surface area contributed by atoms with Gasteiger partial charge in [0.25, 0.3) is 0 Å². The molecule has 0 spiro atoms. The highest BCUT2D eigenvalue weighted by Crippen LogP contribution is 2.33. The molecule has 2 aromatic carbocycles. The number of aromatic nitrogens is 1. The van der Waals surface area contributed by atoms with Crippen molar-refractivity contribution >= 4 is 43.2 Å². The van der Waals surface area contributed by atoms with Crippen LogP contribution in [0, 0.1) is 6.92 Å². The van der Waals surface area contributed by atoms with E-state index in [0.717, 1.165) is 20.7 Å². The Hall–Kier alpha value is -1.39. The molecule has 0 fully saturated rings. The third-order valence-corrected chi connectivity index (χ3v) is 4.65. The molecule has 0 aliphatic carbocycles. The molecule has 0 amide bonds. The summed E-state index contributed by atoms with van der Waals surface area (Å²) in [7, 11) is 1.94. The fourth-order valence-electron chi connectivity index (χ4n) is 2.10. The molecule has 1 N–H and O–H groups in total. The third-order valence-electron chi connectivity index (χ3n) is 3.09. The molecule has 0 aliphatic heterocycles. The fraction of sp³-hybridized carbons (Fsp3) is 0.235. The number of fused-ring (bicyclic) bond motifs is 1. The number of benzene rings is 2. The lowest BCUT2D eigenvalue weighted by molar-refractivity contribution is 1.39. The largest absolute Gasteiger partial charge is 0.388 e. The van der Waals surface area contributed by atoms with E-state index >= 15 is 0 Å². The first-order chi connectivity index (χ1) is 10.2. The number of thiazole rings is 1. The van der Waals surface area contributed by atoms with Crippen LogP contribution in [0.3, 0.4) is 0 Å². The third kappa shape index (κ3) is 3.44. The summed E-state index contributed by atoms with van der Waals surface area (Å²) in [5, 5.41) is 4.25. The van der Waals surface area contributed by atoms with Crippen LogP contribution in [0.4, 0.5) is 5.69 Å². The minimum atomic E-state index is 1.05. The van der Waals surface area contributed by atoms with Crippen LogP contribution >= 0.6 is 27.3 Å². The molecule has 0 unspecified atom stereocenters. The Balaban J connectivity index is 0.000000774. The average Bonchev–Trinajstić information content (AvgIpc) is 2.92. The van der Waals surface area contributed by atoms with E-state index in [0.29, 0.717) is 0 Å². The SMILES string of the molecule is CC.CNc1ccc(-c2nc3ccc(Br)cc3s2)cc1C. The summed E-state index contributed by atoms with van der Waals surface area (Å²) in [6.45, 7) is 6.11. The van der Waals surface area contributed by atoms with Gasteiger partial charge in [0.1, 0.15) is 5.01 Å². The number of nitrogens with zero attached hydrogens (tertiary/aromatic N) is 1. The van der Waals surface area contributed by atoms with Crippen LogP contribution in [0.2, 0.25) is 0 Å². The molecule has 0 saturated heterocycles. The van der Waals surface area contributed by atoms with Gasteiger partial charge in [-0.3, -0.25) is 0 Å². The van der Waals surface area contributed by atoms with Crippen LogP contribution in [0.5, 0.6) is 0 Å². The van der Waals surface area contributed by atoms with Crippen molar-refractivity contribution in [2.75, 3.05) is 12.4 Å². The first-order valence-electron chi connectivity index (χ1n) is 7.02. The van der Waals surface area contributed by atoms with E-state index in [9.17, 15) is 0 Å². The summed E-state index contributed by atoms with van der Waals surface area (Å²) in [5.41, 5.74) is 4.63. The van der Waals surface area contributed by atoms with Gasteiger partial charge in [-0.2, -0.15) is 0 Å². The van der Waals surface area contributed by atoms with Crippen LogP contribution < -0.4 is 5.32 Å². The number of rotatable bonds is 2. The summed E-state index contributed by atoms with van der Waals surface area (Å²) in [4.78, 5) is 4.70. The van der Waals surface area contributed by atoms with Crippen molar-refractivity contribution in [3.63, 3.8) is 0 Å². The highest BCUT2D eigenvalue weighted by Gasteiger charge is 2.08. The van der Waals surface area contributed by atoms with E-state index in [-0.39, 0.29) is 0 Å². The molecular formula is C17H19BrN2S. The molecular weight excluding hydrogens is 344 g/mol. The van der Waals surface area contributed by atoms with Gasteiger partial charge in [-0.05, 0) is 48.9 Å². The zero-order chi connectivity index (χ0) is 15.4. The van der Waals surface area contributed by atoms with Gasteiger partial charge in [0.05, 0.1) is 10.2 Å². The van der Waals surface area contributed by atoms with Gasteiger partial charge in [0, 0.05) is 22.8 Å². The maximum Gasteiger partial charge on any atom is 0.124 e. The van der Waals surface area contributed by atoms with Gasteiger partial charge in [-0.1, -0.05) is 29.8 Å². The normalized spacial score (nSPS) is 10.1. The second-order valence-electron chi connectivity index (χ2n) is 4.41. The minimum Gasteiger partial charge on any atom is -0.388 e. The Bertz CT molecular complexity index is 750. The summed E-state index contributed by atoms with van der Waals surface area (Å²) in [5.74, 6) is 0. The number of hydrogen-bond donors (Lipinski definition) is 1. The highest BCUT2D eigenvalue weighted by atomic mass is 79.9. The van der Waals surface area contributed by atoms with Crippen molar-refractivity contribution < 1.29 is 0 Å². The van der Waals surface area contributed by atoms with Crippen molar-refractivity contribution in [1.29, 1.82) is 0 Å². The lowest BCUT2D eigenvalue weighted by Crippen LogP contribution is -1.91. The van der Waals surface area contributed by atoms with E-state index in [1.807, 2.05) is 33.0 Å². The van der Waals surface area contributed by atoms with E-state index in [1.54, 1.807) is 11.3 Å². The van der Waals surface area contributed by atoms with Crippen molar-refractivity contribution in [2.45, 2.75) is 20.8 Å². The number of nitrogens with one attached hydrogen (secondary N) is 1. The van der Waals surface area contributed by atoms with Crippen molar-refractivity contribution in [3.8, 4) is 10.6 Å². The van der Waals surface area contributed by atoms with E-state index in [1.165, 1.54) is 15.8 Å². The zero-order valence-corrected chi connectivity index (χ0v) is 15.1. The van der Waals surface area contributed by atoms with Crippen LogP contribution in [0.15, 0.2) is 40.9 Å². The second-order valence-corrected chi connectivity index (χ2v) is 6.36. The fourth-order valence-corrected chi connectivity index (χ4v) is 3.61. The molecule has 2 nitrogen and oxygen atoms in total. The van der Waals surface area contributed by atoms with Crippen LogP contribution in [-0.4, -0.2) is 12.0 Å². The number of hydrogen-bond acceptors (Lipinski definition) is 3. The van der Waals surface area contributed by atoms with Gasteiger partial charge >= 0.3 is 0 Å². The first kappa shape index (κ1) is 16.0. The smallest absolute Gasteiger partial charge is 0.124 e. The second kappa shape index (κ2) is 7.05. The topological polar surface area (TPSA) is 24.9 Å². The van der Waals surface area contributed by atoms with Crippen LogP contribution in [0.25, 0.3) is 20.8 Å². The van der Waals surface area contributed by atoms with Gasteiger partial charge < -0.3 is 5.32 Å². The van der Waals surface area contributed by atoms with Gasteiger partial charge in [-0.15, -0.1) is 11.3 Å². The predicted molar refractivity (Wildman–Crippen MR) is 98.4 cm³/mol. The summed E-state index contributed by atoms with van der Waals surface area (Å²) in [6.07, 6.45) is 0. The Morgan fingerprint density at radius 3 is 2.52 bits per heavy atom. The molecule has 110 valence electrons. The van der Waals surface area contributed by atoms with Crippen molar-refractivity contribution in [1.82, 2.24) is 4.98 Å². The Labute approximate surface area is 138 Å². The van der Waals surface area contributed by atoms with Gasteiger partial charge in [0.15, 0.2) is 0 Å².